The van der Waals surface area contributed by atoms with Crippen molar-refractivity contribution in [2.75, 3.05) is 0 Å². The predicted molar refractivity (Wildman–Crippen MR) is 115 cm³/mol. The first-order valence-corrected chi connectivity index (χ1v) is 11.3. The fourth-order valence-corrected chi connectivity index (χ4v) is 5.34. The molecule has 0 aliphatic heterocycles. The van der Waals surface area contributed by atoms with Gasteiger partial charge in [0.25, 0.3) is 0 Å². The molecule has 0 N–H and O–H groups in total. The molecular formula is C18H15N5O3S3. The van der Waals surface area contributed by atoms with Gasteiger partial charge in [0.15, 0.2) is 9.50 Å². The second-order valence-electron chi connectivity index (χ2n) is 5.73. The minimum absolute atomic E-state index is 0.277. The molecule has 8 nitrogen and oxygen atoms in total. The molecule has 3 aromatic heterocycles. The third-order valence-corrected chi connectivity index (χ3v) is 6.87. The fraction of sp³-hybridized carbons (Fsp3) is 0.167. The zero-order valence-electron chi connectivity index (χ0n) is 15.2. The third kappa shape index (κ3) is 4.52. The number of rotatable bonds is 8. The molecule has 0 saturated carbocycles. The molecule has 3 heterocycles. The average molecular weight is 446 g/mol. The Labute approximate surface area is 178 Å². The monoisotopic (exact) mass is 445 g/mol. The van der Waals surface area contributed by atoms with Crippen LogP contribution in [0.1, 0.15) is 18.5 Å². The first-order chi connectivity index (χ1) is 14.1. The average Bonchev–Trinajstić information content (AvgIpc) is 3.44. The molecule has 148 valence electrons. The van der Waals surface area contributed by atoms with Gasteiger partial charge in [0.2, 0.25) is 0 Å². The zero-order valence-corrected chi connectivity index (χ0v) is 17.7. The number of hydrogen-bond acceptors (Lipinski definition) is 9. The molecule has 11 heteroatoms. The topological polar surface area (TPSA) is 99.9 Å². The lowest BCUT2D eigenvalue weighted by Crippen LogP contribution is -2.01. The Kier molecular flexibility index (Phi) is 5.97. The van der Waals surface area contributed by atoms with Gasteiger partial charge in [-0.3, -0.25) is 10.1 Å². The Balaban J connectivity index is 1.41. The van der Waals surface area contributed by atoms with E-state index < -0.39 is 4.92 Å². The first-order valence-electron chi connectivity index (χ1n) is 8.62. The molecule has 0 fully saturated rings. The summed E-state index contributed by atoms with van der Waals surface area (Å²) in [5.74, 6) is 1.69. The summed E-state index contributed by atoms with van der Waals surface area (Å²) in [7, 11) is 0. The highest BCUT2D eigenvalue weighted by Crippen LogP contribution is 2.31. The van der Waals surface area contributed by atoms with Gasteiger partial charge in [0.05, 0.1) is 22.0 Å². The molecule has 0 radical (unpaired) electrons. The standard InChI is InChI=1S/C18H15N5O3S3/c1-2-22-15(11-28-18-19-13-5-3-4-6-14(13)29-18)20-21-17(22)27-10-9-12-7-8-16(26-12)23(24)25/h3-10H,2,11H2,1H3/b10-9+. The van der Waals surface area contributed by atoms with Gasteiger partial charge in [0, 0.05) is 6.54 Å². The van der Waals surface area contributed by atoms with E-state index in [1.807, 2.05) is 29.7 Å². The molecule has 0 saturated heterocycles. The molecule has 4 aromatic rings. The van der Waals surface area contributed by atoms with Crippen molar-refractivity contribution >= 4 is 57.0 Å². The number of benzene rings is 1. The quantitative estimate of drug-likeness (QED) is 0.200. The number of hydrogen-bond donors (Lipinski definition) is 0. The highest BCUT2D eigenvalue weighted by Gasteiger charge is 2.13. The van der Waals surface area contributed by atoms with Crippen LogP contribution in [0.2, 0.25) is 0 Å². The molecule has 0 amide bonds. The number of furan rings is 1. The summed E-state index contributed by atoms with van der Waals surface area (Å²) in [6, 6.07) is 11.0. The van der Waals surface area contributed by atoms with E-state index in [0.717, 1.165) is 27.4 Å². The number of aromatic nitrogens is 4. The molecule has 0 unspecified atom stereocenters. The van der Waals surface area contributed by atoms with Crippen molar-refractivity contribution in [3.8, 4) is 0 Å². The van der Waals surface area contributed by atoms with Crippen molar-refractivity contribution < 1.29 is 9.34 Å². The van der Waals surface area contributed by atoms with Gasteiger partial charge < -0.3 is 8.98 Å². The van der Waals surface area contributed by atoms with Crippen molar-refractivity contribution in [3.05, 3.63) is 63.5 Å². The third-order valence-electron chi connectivity index (χ3n) is 3.91. The van der Waals surface area contributed by atoms with Crippen molar-refractivity contribution in [2.24, 2.45) is 0 Å². The van der Waals surface area contributed by atoms with Gasteiger partial charge in [-0.15, -0.1) is 21.5 Å². The van der Waals surface area contributed by atoms with Crippen molar-refractivity contribution in [2.45, 2.75) is 28.7 Å². The second kappa shape index (κ2) is 8.80. The van der Waals surface area contributed by atoms with Gasteiger partial charge in [-0.1, -0.05) is 35.7 Å². The van der Waals surface area contributed by atoms with Crippen LogP contribution >= 0.6 is 34.9 Å². The number of nitrogens with zero attached hydrogens (tertiary/aromatic N) is 5. The summed E-state index contributed by atoms with van der Waals surface area (Å²) >= 11 is 4.71. The minimum Gasteiger partial charge on any atom is -0.401 e. The van der Waals surface area contributed by atoms with E-state index in [9.17, 15) is 10.1 Å². The first kappa shape index (κ1) is 19.7. The van der Waals surface area contributed by atoms with Gasteiger partial charge in [-0.05, 0) is 36.6 Å². The molecule has 0 aliphatic carbocycles. The van der Waals surface area contributed by atoms with Crippen molar-refractivity contribution in [3.63, 3.8) is 0 Å². The molecule has 0 spiro atoms. The van der Waals surface area contributed by atoms with Gasteiger partial charge in [-0.2, -0.15) is 0 Å². The Morgan fingerprint density at radius 1 is 1.28 bits per heavy atom. The lowest BCUT2D eigenvalue weighted by molar-refractivity contribution is -0.402. The lowest BCUT2D eigenvalue weighted by atomic mass is 10.3. The number of thiazole rings is 1. The Morgan fingerprint density at radius 3 is 2.90 bits per heavy atom. The van der Waals surface area contributed by atoms with E-state index in [-0.39, 0.29) is 5.88 Å². The van der Waals surface area contributed by atoms with E-state index >= 15 is 0 Å². The largest absolute Gasteiger partial charge is 0.433 e. The molecule has 0 atom stereocenters. The highest BCUT2D eigenvalue weighted by atomic mass is 32.2. The molecule has 0 bridgehead atoms. The predicted octanol–water partition coefficient (Wildman–Crippen LogP) is 5.46. The van der Waals surface area contributed by atoms with E-state index in [1.165, 1.54) is 22.5 Å². The van der Waals surface area contributed by atoms with Crippen LogP contribution in [-0.2, 0) is 12.3 Å². The summed E-state index contributed by atoms with van der Waals surface area (Å²) < 4.78 is 9.33. The smallest absolute Gasteiger partial charge is 0.401 e. The highest BCUT2D eigenvalue weighted by molar-refractivity contribution is 8.02. The Morgan fingerprint density at radius 2 is 2.14 bits per heavy atom. The molecule has 1 aromatic carbocycles. The lowest BCUT2D eigenvalue weighted by Gasteiger charge is -2.04. The van der Waals surface area contributed by atoms with E-state index in [4.69, 9.17) is 4.42 Å². The van der Waals surface area contributed by atoms with Gasteiger partial charge >= 0.3 is 5.88 Å². The van der Waals surface area contributed by atoms with Gasteiger partial charge in [-0.25, -0.2) is 4.98 Å². The summed E-state index contributed by atoms with van der Waals surface area (Å²) in [5.41, 5.74) is 1.01. The van der Waals surface area contributed by atoms with Crippen LogP contribution in [0.3, 0.4) is 0 Å². The van der Waals surface area contributed by atoms with E-state index in [0.29, 0.717) is 11.5 Å². The summed E-state index contributed by atoms with van der Waals surface area (Å²) in [5, 5.41) is 21.8. The van der Waals surface area contributed by atoms with Crippen LogP contribution in [0, 0.1) is 10.1 Å². The van der Waals surface area contributed by atoms with Crippen LogP contribution in [0.5, 0.6) is 0 Å². The Hall–Kier alpha value is -2.63. The SMILES string of the molecule is CCn1c(CSc2nc3ccccc3s2)nnc1S/C=C/c1ccc([N+](=O)[O-])o1. The van der Waals surface area contributed by atoms with Gasteiger partial charge in [0.1, 0.15) is 16.5 Å². The maximum absolute atomic E-state index is 10.7. The molecular weight excluding hydrogens is 430 g/mol. The molecule has 0 aliphatic rings. The van der Waals surface area contributed by atoms with Crippen LogP contribution in [-0.4, -0.2) is 24.7 Å². The molecule has 29 heavy (non-hydrogen) atoms. The maximum Gasteiger partial charge on any atom is 0.433 e. The normalized spacial score (nSPS) is 11.6. The number of thioether (sulfide) groups is 2. The minimum atomic E-state index is -0.562. The summed E-state index contributed by atoms with van der Waals surface area (Å²) in [4.78, 5) is 14.7. The van der Waals surface area contributed by atoms with Crippen molar-refractivity contribution in [1.82, 2.24) is 19.7 Å². The zero-order chi connectivity index (χ0) is 20.2. The van der Waals surface area contributed by atoms with Crippen LogP contribution in [0.4, 0.5) is 5.88 Å². The second-order valence-corrected chi connectivity index (χ2v) is 8.86. The number of fused-ring (bicyclic) bond motifs is 1. The van der Waals surface area contributed by atoms with E-state index in [2.05, 4.69) is 21.2 Å². The Bertz CT molecular complexity index is 1150. The van der Waals surface area contributed by atoms with E-state index in [1.54, 1.807) is 40.6 Å². The van der Waals surface area contributed by atoms with Crippen LogP contribution in [0.15, 0.2) is 55.7 Å². The summed E-state index contributed by atoms with van der Waals surface area (Å²) in [6.45, 7) is 2.78. The number of nitro groups is 1. The maximum atomic E-state index is 10.7. The number of para-hydroxylation sites is 1. The molecule has 4 rings (SSSR count). The van der Waals surface area contributed by atoms with Crippen molar-refractivity contribution in [1.29, 1.82) is 0 Å². The van der Waals surface area contributed by atoms with Crippen LogP contribution < -0.4 is 0 Å². The summed E-state index contributed by atoms with van der Waals surface area (Å²) in [6.07, 6.45) is 1.67. The van der Waals surface area contributed by atoms with Crippen LogP contribution in [0.25, 0.3) is 16.3 Å². The fourth-order valence-electron chi connectivity index (χ4n) is 2.56.